The van der Waals surface area contributed by atoms with Gasteiger partial charge in [-0.15, -0.1) is 0 Å². The average molecular weight is 330 g/mol. The topological polar surface area (TPSA) is 52.6 Å². The third-order valence-electron chi connectivity index (χ3n) is 3.82. The van der Waals surface area contributed by atoms with Crippen LogP contribution in [-0.2, 0) is 14.6 Å². The van der Waals surface area contributed by atoms with Crippen LogP contribution >= 0.6 is 0 Å². The molecule has 0 aliphatic carbocycles. The van der Waals surface area contributed by atoms with Crippen molar-refractivity contribution < 1.29 is 22.3 Å². The molecule has 1 aliphatic rings. The van der Waals surface area contributed by atoms with E-state index in [1.165, 1.54) is 6.07 Å². The highest BCUT2D eigenvalue weighted by Crippen LogP contribution is 2.23. The van der Waals surface area contributed by atoms with Gasteiger partial charge in [-0.3, -0.25) is 0 Å². The number of rotatable bonds is 6. The Morgan fingerprint density at radius 3 is 2.50 bits per heavy atom. The van der Waals surface area contributed by atoms with Crippen molar-refractivity contribution in [3.63, 3.8) is 0 Å². The molecular formula is C16H23FO4S. The monoisotopic (exact) mass is 330 g/mol. The summed E-state index contributed by atoms with van der Waals surface area (Å²) in [7, 11) is -2.87. The molecule has 22 heavy (non-hydrogen) atoms. The van der Waals surface area contributed by atoms with Crippen LogP contribution in [0.25, 0.3) is 0 Å². The van der Waals surface area contributed by atoms with E-state index in [-0.39, 0.29) is 41.7 Å². The van der Waals surface area contributed by atoms with Gasteiger partial charge in [0, 0.05) is 0 Å². The molecule has 0 radical (unpaired) electrons. The third kappa shape index (κ3) is 4.95. The Balaban J connectivity index is 1.73. The van der Waals surface area contributed by atoms with Crippen LogP contribution in [0.2, 0.25) is 0 Å². The second-order valence-electron chi connectivity index (χ2n) is 5.91. The first-order valence-electron chi connectivity index (χ1n) is 7.61. The SMILES string of the molecule is CC(C)c1ccc(OCCOC2CCS(=O)(=O)CC2)c(F)c1. The van der Waals surface area contributed by atoms with Gasteiger partial charge in [-0.2, -0.15) is 0 Å². The molecule has 0 amide bonds. The van der Waals surface area contributed by atoms with Crippen LogP contribution in [0.4, 0.5) is 4.39 Å². The van der Waals surface area contributed by atoms with Crippen molar-refractivity contribution >= 4 is 9.84 Å². The standard InChI is InChI=1S/C16H23FO4S/c1-12(2)13-3-4-16(15(17)11-13)21-8-7-20-14-5-9-22(18,19)10-6-14/h3-4,11-12,14H,5-10H2,1-2H3. The summed E-state index contributed by atoms with van der Waals surface area (Å²) in [5.41, 5.74) is 0.935. The molecule has 0 unspecified atom stereocenters. The summed E-state index contributed by atoms with van der Waals surface area (Å²) >= 11 is 0. The second-order valence-corrected chi connectivity index (χ2v) is 8.22. The number of hydrogen-bond acceptors (Lipinski definition) is 4. The Bertz CT molecular complexity index is 584. The second kappa shape index (κ2) is 7.42. The molecule has 6 heteroatoms. The highest BCUT2D eigenvalue weighted by atomic mass is 32.2. The lowest BCUT2D eigenvalue weighted by Crippen LogP contribution is -2.29. The minimum Gasteiger partial charge on any atom is -0.488 e. The summed E-state index contributed by atoms with van der Waals surface area (Å²) in [5.74, 6) is 0.497. The molecule has 1 heterocycles. The van der Waals surface area contributed by atoms with E-state index in [0.29, 0.717) is 19.4 Å². The Morgan fingerprint density at radius 1 is 1.23 bits per heavy atom. The molecular weight excluding hydrogens is 307 g/mol. The smallest absolute Gasteiger partial charge is 0.165 e. The average Bonchev–Trinajstić information content (AvgIpc) is 2.46. The van der Waals surface area contributed by atoms with Crippen LogP contribution < -0.4 is 4.74 Å². The Labute approximate surface area is 131 Å². The highest BCUT2D eigenvalue weighted by Gasteiger charge is 2.23. The first kappa shape index (κ1) is 17.2. The maximum atomic E-state index is 13.8. The normalized spacial score (nSPS) is 18.5. The molecule has 1 aliphatic heterocycles. The van der Waals surface area contributed by atoms with Gasteiger partial charge in [0.15, 0.2) is 21.4 Å². The van der Waals surface area contributed by atoms with E-state index in [4.69, 9.17) is 9.47 Å². The fourth-order valence-electron chi connectivity index (χ4n) is 2.39. The van der Waals surface area contributed by atoms with E-state index in [1.54, 1.807) is 6.07 Å². The minimum absolute atomic E-state index is 0.0414. The van der Waals surface area contributed by atoms with Gasteiger partial charge in [0.05, 0.1) is 24.2 Å². The van der Waals surface area contributed by atoms with Gasteiger partial charge in [0.25, 0.3) is 0 Å². The zero-order chi connectivity index (χ0) is 16.2. The molecule has 0 N–H and O–H groups in total. The molecule has 4 nitrogen and oxygen atoms in total. The molecule has 0 spiro atoms. The fraction of sp³-hybridized carbons (Fsp3) is 0.625. The first-order valence-corrected chi connectivity index (χ1v) is 9.44. The van der Waals surface area contributed by atoms with Gasteiger partial charge < -0.3 is 9.47 Å². The van der Waals surface area contributed by atoms with Gasteiger partial charge in [0.2, 0.25) is 0 Å². The molecule has 0 aromatic heterocycles. The van der Waals surface area contributed by atoms with Crippen molar-refractivity contribution in [2.45, 2.75) is 38.7 Å². The van der Waals surface area contributed by atoms with Gasteiger partial charge in [0.1, 0.15) is 6.61 Å². The van der Waals surface area contributed by atoms with Crippen LogP contribution in [0.15, 0.2) is 18.2 Å². The molecule has 0 saturated carbocycles. The molecule has 1 aromatic rings. The van der Waals surface area contributed by atoms with Crippen molar-refractivity contribution in [3.8, 4) is 5.75 Å². The maximum Gasteiger partial charge on any atom is 0.165 e. The first-order chi connectivity index (χ1) is 10.4. The molecule has 0 bridgehead atoms. The zero-order valence-electron chi connectivity index (χ0n) is 13.0. The highest BCUT2D eigenvalue weighted by molar-refractivity contribution is 7.91. The summed E-state index contributed by atoms with van der Waals surface area (Å²) in [5, 5.41) is 0. The Kier molecular flexibility index (Phi) is 5.81. The van der Waals surface area contributed by atoms with E-state index in [1.807, 2.05) is 19.9 Å². The summed E-state index contributed by atoms with van der Waals surface area (Å²) in [4.78, 5) is 0. The molecule has 2 rings (SSSR count). The molecule has 0 atom stereocenters. The van der Waals surface area contributed by atoms with Crippen LogP contribution in [0.3, 0.4) is 0 Å². The molecule has 1 fully saturated rings. The maximum absolute atomic E-state index is 13.8. The minimum atomic E-state index is -2.87. The summed E-state index contributed by atoms with van der Waals surface area (Å²) in [6.45, 7) is 4.60. The number of sulfone groups is 1. The molecule has 124 valence electrons. The van der Waals surface area contributed by atoms with E-state index < -0.39 is 9.84 Å². The van der Waals surface area contributed by atoms with Crippen LogP contribution in [0, 0.1) is 5.82 Å². The lowest BCUT2D eigenvalue weighted by atomic mass is 10.0. The van der Waals surface area contributed by atoms with Crippen molar-refractivity contribution in [3.05, 3.63) is 29.6 Å². The van der Waals surface area contributed by atoms with Crippen molar-refractivity contribution in [1.82, 2.24) is 0 Å². The number of ether oxygens (including phenoxy) is 2. The van der Waals surface area contributed by atoms with Gasteiger partial charge >= 0.3 is 0 Å². The number of benzene rings is 1. The third-order valence-corrected chi connectivity index (χ3v) is 5.53. The van der Waals surface area contributed by atoms with Crippen molar-refractivity contribution in [1.29, 1.82) is 0 Å². The van der Waals surface area contributed by atoms with Crippen molar-refractivity contribution in [2.75, 3.05) is 24.7 Å². The predicted molar refractivity (Wildman–Crippen MR) is 83.6 cm³/mol. The largest absolute Gasteiger partial charge is 0.488 e. The predicted octanol–water partition coefficient (Wildman–Crippen LogP) is 2.92. The van der Waals surface area contributed by atoms with Gasteiger partial charge in [-0.25, -0.2) is 12.8 Å². The van der Waals surface area contributed by atoms with Gasteiger partial charge in [-0.1, -0.05) is 19.9 Å². The van der Waals surface area contributed by atoms with E-state index >= 15 is 0 Å². The lowest BCUT2D eigenvalue weighted by molar-refractivity contribution is 0.0279. The number of hydrogen-bond donors (Lipinski definition) is 0. The van der Waals surface area contributed by atoms with Crippen molar-refractivity contribution in [2.24, 2.45) is 0 Å². The van der Waals surface area contributed by atoms with Gasteiger partial charge in [-0.05, 0) is 36.5 Å². The Morgan fingerprint density at radius 2 is 1.91 bits per heavy atom. The Hall–Kier alpha value is -1.14. The van der Waals surface area contributed by atoms with Crippen LogP contribution in [0.5, 0.6) is 5.75 Å². The summed E-state index contributed by atoms with van der Waals surface area (Å²) < 4.78 is 47.4. The summed E-state index contributed by atoms with van der Waals surface area (Å²) in [6.07, 6.45) is 1.01. The molecule has 1 aromatic carbocycles. The van der Waals surface area contributed by atoms with E-state index in [0.717, 1.165) is 5.56 Å². The molecule has 1 saturated heterocycles. The summed E-state index contributed by atoms with van der Waals surface area (Å²) in [6, 6.07) is 4.99. The fourth-order valence-corrected chi connectivity index (χ4v) is 3.84. The van der Waals surface area contributed by atoms with Crippen LogP contribution in [0.1, 0.15) is 38.2 Å². The number of halogens is 1. The quantitative estimate of drug-likeness (QED) is 0.753. The lowest BCUT2D eigenvalue weighted by Gasteiger charge is -2.22. The zero-order valence-corrected chi connectivity index (χ0v) is 13.9. The van der Waals surface area contributed by atoms with E-state index in [2.05, 4.69) is 0 Å². The van der Waals surface area contributed by atoms with Crippen LogP contribution in [-0.4, -0.2) is 39.2 Å². The van der Waals surface area contributed by atoms with E-state index in [9.17, 15) is 12.8 Å².